The number of aliphatic hydroxyl groups excluding tert-OH is 1. The number of aryl methyl sites for hydroxylation is 1. The summed E-state index contributed by atoms with van der Waals surface area (Å²) < 4.78 is 41.9. The number of esters is 1. The molecule has 2 fully saturated rings. The molecule has 2 saturated heterocycles. The molecule has 2 amide bonds. The molecule has 4 aromatic carbocycles. The molecule has 0 aromatic heterocycles. The smallest absolute Gasteiger partial charge is 0.417 e. The molecule has 0 radical (unpaired) electrons. The van der Waals surface area contributed by atoms with Gasteiger partial charge in [-0.2, -0.15) is 0 Å². The summed E-state index contributed by atoms with van der Waals surface area (Å²) in [5, 5.41) is 10.4. The number of rotatable bonds is 21. The Kier molecular flexibility index (Phi) is 17.2. The number of allylic oxidation sites excluding steroid dienone is 1. The average molecular weight is 878 g/mol. The van der Waals surface area contributed by atoms with E-state index in [9.17, 15) is 29.1 Å². The summed E-state index contributed by atoms with van der Waals surface area (Å²) in [7, 11) is 1.46. The van der Waals surface area contributed by atoms with Gasteiger partial charge < -0.3 is 38.3 Å². The second-order valence-corrected chi connectivity index (χ2v) is 15.7. The standard InChI is InChI=1S/C50H55NO13/c1-32-16-14-23-38(26-32)39(27-42(55)44(63-34(3)53)33(2)48(56)51-40(31-62-50(51)57)37-21-12-7-13-22-37)41(54)24-15-25-59-47-46(61-30-36-19-10-6-11-20-36)45(43(28-52)64-49(47)58-4)60-29-35-17-8-5-9-18-35/h5-14,16-23,26-27,33,40,43-47,49,52H,15,24-25,28-31H2,1-4H3/t33-,40+,43+,44-,45+,46-,47-,49-/m0/s1. The van der Waals surface area contributed by atoms with E-state index in [-0.39, 0.29) is 51.4 Å². The van der Waals surface area contributed by atoms with Gasteiger partial charge in [0, 0.05) is 32.6 Å². The third-order valence-corrected chi connectivity index (χ3v) is 11.1. The van der Waals surface area contributed by atoms with E-state index in [1.54, 1.807) is 48.5 Å². The van der Waals surface area contributed by atoms with Gasteiger partial charge in [0.15, 0.2) is 24.0 Å². The third kappa shape index (κ3) is 12.2. The SMILES string of the molecule is CO[C@H]1O[C@H](CO)[C@@H](OCc2ccccc2)[C@H](OCc2ccccc2)[C@@H]1OCCCC(=O)C(=CC(=O)[C@@H](OC(C)=O)[C@H](C)C(=O)N1C(=O)OC[C@@H]1c1ccccc1)c1cccc(C)c1. The summed E-state index contributed by atoms with van der Waals surface area (Å²) in [6.45, 7) is 4.33. The maximum Gasteiger partial charge on any atom is 0.417 e. The van der Waals surface area contributed by atoms with Crippen LogP contribution in [0.2, 0.25) is 0 Å². The lowest BCUT2D eigenvalue weighted by atomic mass is 9.92. The maximum atomic E-state index is 14.2. The van der Waals surface area contributed by atoms with Crippen molar-refractivity contribution in [3.8, 4) is 0 Å². The van der Waals surface area contributed by atoms with Crippen molar-refractivity contribution in [3.05, 3.63) is 149 Å². The van der Waals surface area contributed by atoms with E-state index in [1.807, 2.05) is 73.7 Å². The van der Waals surface area contributed by atoms with E-state index in [0.29, 0.717) is 11.1 Å². The number of nitrogens with zero attached hydrogens (tertiary/aromatic N) is 1. The van der Waals surface area contributed by atoms with Gasteiger partial charge in [-0.3, -0.25) is 19.2 Å². The molecule has 338 valence electrons. The van der Waals surface area contributed by atoms with Crippen molar-refractivity contribution in [2.45, 2.75) is 89.7 Å². The average Bonchev–Trinajstić information content (AvgIpc) is 3.70. The van der Waals surface area contributed by atoms with E-state index in [2.05, 4.69) is 0 Å². The Bertz CT molecular complexity index is 2220. The highest BCUT2D eigenvalue weighted by Crippen LogP contribution is 2.33. The Morgan fingerprint density at radius 3 is 2.05 bits per heavy atom. The number of carbonyl (C=O) groups is 5. The minimum atomic E-state index is -1.67. The van der Waals surface area contributed by atoms with Gasteiger partial charge in [-0.25, -0.2) is 9.69 Å². The van der Waals surface area contributed by atoms with E-state index >= 15 is 0 Å². The molecule has 1 N–H and O–H groups in total. The molecule has 0 aliphatic carbocycles. The number of amides is 2. The number of Topliss-reactive ketones (excluding diaryl/α,β-unsaturated/α-hetero) is 1. The number of cyclic esters (lactones) is 1. The Labute approximate surface area is 373 Å². The Balaban J connectivity index is 1.20. The first-order valence-electron chi connectivity index (χ1n) is 21.3. The maximum absolute atomic E-state index is 14.2. The van der Waals surface area contributed by atoms with Gasteiger partial charge in [0.2, 0.25) is 5.91 Å². The fraction of sp³-hybridized carbons (Fsp3) is 0.380. The lowest BCUT2D eigenvalue weighted by molar-refractivity contribution is -0.319. The summed E-state index contributed by atoms with van der Waals surface area (Å²) >= 11 is 0. The number of aliphatic hydroxyl groups is 1. The summed E-state index contributed by atoms with van der Waals surface area (Å²) in [4.78, 5) is 68.6. The van der Waals surface area contributed by atoms with Gasteiger partial charge in [0.25, 0.3) is 0 Å². The number of methoxy groups -OCH3 is 1. The normalized spacial score (nSPS) is 22.0. The zero-order valence-electron chi connectivity index (χ0n) is 36.4. The molecule has 2 aliphatic heterocycles. The number of carbonyl (C=O) groups excluding carboxylic acids is 5. The van der Waals surface area contributed by atoms with Crippen molar-refractivity contribution >= 4 is 35.1 Å². The molecule has 8 atom stereocenters. The summed E-state index contributed by atoms with van der Waals surface area (Å²) in [5.41, 5.74) is 3.76. The number of imide groups is 1. The monoisotopic (exact) mass is 877 g/mol. The number of hydrogen-bond donors (Lipinski definition) is 1. The molecular formula is C50H55NO13. The van der Waals surface area contributed by atoms with E-state index < -0.39 is 78.3 Å². The van der Waals surface area contributed by atoms with E-state index in [0.717, 1.165) is 34.6 Å². The fourth-order valence-corrected chi connectivity index (χ4v) is 7.78. The van der Waals surface area contributed by atoms with Crippen molar-refractivity contribution in [2.75, 3.05) is 26.9 Å². The van der Waals surface area contributed by atoms with Gasteiger partial charge in [-0.1, -0.05) is 121 Å². The Morgan fingerprint density at radius 1 is 0.828 bits per heavy atom. The molecule has 0 unspecified atom stereocenters. The lowest BCUT2D eigenvalue weighted by Gasteiger charge is -2.45. The first-order chi connectivity index (χ1) is 31.0. The number of ketones is 2. The minimum absolute atomic E-state index is 0.0329. The van der Waals surface area contributed by atoms with E-state index in [1.165, 1.54) is 14.0 Å². The highest BCUT2D eigenvalue weighted by molar-refractivity contribution is 6.25. The Morgan fingerprint density at radius 2 is 1.45 bits per heavy atom. The Hall–Kier alpha value is -5.87. The highest BCUT2D eigenvalue weighted by atomic mass is 16.7. The van der Waals surface area contributed by atoms with Gasteiger partial charge in [0.05, 0.1) is 25.7 Å². The number of benzene rings is 4. The number of hydrogen-bond acceptors (Lipinski definition) is 13. The third-order valence-electron chi connectivity index (χ3n) is 11.1. The lowest BCUT2D eigenvalue weighted by Crippen LogP contribution is -2.61. The molecule has 2 heterocycles. The zero-order valence-corrected chi connectivity index (χ0v) is 36.4. The predicted molar refractivity (Wildman–Crippen MR) is 233 cm³/mol. The van der Waals surface area contributed by atoms with Gasteiger partial charge in [-0.05, 0) is 48.6 Å². The highest BCUT2D eigenvalue weighted by Gasteiger charge is 2.49. The van der Waals surface area contributed by atoms with Gasteiger partial charge in [0.1, 0.15) is 37.1 Å². The molecule has 14 heteroatoms. The summed E-state index contributed by atoms with van der Waals surface area (Å²) in [6, 6.07) is 34.2. The van der Waals surface area contributed by atoms with Crippen LogP contribution in [0.1, 0.15) is 60.5 Å². The molecule has 0 saturated carbocycles. The van der Waals surface area contributed by atoms with E-state index in [4.69, 9.17) is 33.2 Å². The van der Waals surface area contributed by atoms with Crippen molar-refractivity contribution in [1.29, 1.82) is 0 Å². The van der Waals surface area contributed by atoms with Crippen molar-refractivity contribution < 1.29 is 62.2 Å². The minimum Gasteiger partial charge on any atom is -0.453 e. The van der Waals surface area contributed by atoms with Crippen LogP contribution in [0.5, 0.6) is 0 Å². The van der Waals surface area contributed by atoms with Crippen LogP contribution in [-0.2, 0) is 65.5 Å². The molecule has 14 nitrogen and oxygen atoms in total. The van der Waals surface area contributed by atoms with Crippen LogP contribution >= 0.6 is 0 Å². The molecule has 6 rings (SSSR count). The molecule has 64 heavy (non-hydrogen) atoms. The van der Waals surface area contributed by atoms with Crippen LogP contribution in [-0.4, -0.2) is 103 Å². The molecular weight excluding hydrogens is 823 g/mol. The van der Waals surface area contributed by atoms with Crippen LogP contribution in [0.25, 0.3) is 5.57 Å². The topological polar surface area (TPSA) is 173 Å². The second-order valence-electron chi connectivity index (χ2n) is 15.7. The van der Waals surface area contributed by atoms with Crippen LogP contribution in [0.4, 0.5) is 4.79 Å². The van der Waals surface area contributed by atoms with Crippen LogP contribution in [0, 0.1) is 12.8 Å². The quantitative estimate of drug-likeness (QED) is 0.0546. The first-order valence-corrected chi connectivity index (χ1v) is 21.3. The summed E-state index contributed by atoms with van der Waals surface area (Å²) in [5.74, 6) is -4.18. The predicted octanol–water partition coefficient (Wildman–Crippen LogP) is 6.50. The van der Waals surface area contributed by atoms with Crippen molar-refractivity contribution in [3.63, 3.8) is 0 Å². The largest absolute Gasteiger partial charge is 0.453 e. The molecule has 0 bridgehead atoms. The molecule has 0 spiro atoms. The molecule has 2 aliphatic rings. The summed E-state index contributed by atoms with van der Waals surface area (Å²) in [6.07, 6.45) is -5.51. The zero-order chi connectivity index (χ0) is 45.6. The first kappa shape index (κ1) is 47.6. The van der Waals surface area contributed by atoms with Crippen LogP contribution in [0.3, 0.4) is 0 Å². The van der Waals surface area contributed by atoms with Crippen LogP contribution < -0.4 is 0 Å². The number of ether oxygens (including phenoxy) is 7. The van der Waals surface area contributed by atoms with Gasteiger partial charge in [-0.15, -0.1) is 0 Å². The van der Waals surface area contributed by atoms with Crippen molar-refractivity contribution in [1.82, 2.24) is 4.90 Å². The fourth-order valence-electron chi connectivity index (χ4n) is 7.78. The molecule has 4 aromatic rings. The van der Waals surface area contributed by atoms with Crippen molar-refractivity contribution in [2.24, 2.45) is 5.92 Å². The second kappa shape index (κ2) is 23.2. The van der Waals surface area contributed by atoms with Gasteiger partial charge >= 0.3 is 12.1 Å². The van der Waals surface area contributed by atoms with Crippen LogP contribution in [0.15, 0.2) is 121 Å².